The van der Waals surface area contributed by atoms with E-state index in [0.29, 0.717) is 5.91 Å². The summed E-state index contributed by atoms with van der Waals surface area (Å²) in [6.07, 6.45) is -7.26. The van der Waals surface area contributed by atoms with Gasteiger partial charge in [-0.25, -0.2) is 14.0 Å². The highest BCUT2D eigenvalue weighted by Gasteiger charge is 2.47. The molecular formula is C23H30F7N3O5. The number of alkyl halides is 6. The zero-order valence-electron chi connectivity index (χ0n) is 20.8. The first-order valence-corrected chi connectivity index (χ1v) is 11.4. The van der Waals surface area contributed by atoms with Gasteiger partial charge in [-0.15, -0.1) is 0 Å². The first-order chi connectivity index (χ1) is 17.4. The van der Waals surface area contributed by atoms with E-state index in [-0.39, 0.29) is 11.2 Å². The Labute approximate surface area is 214 Å². The standard InChI is InChI=1S/C19H28FN3O.2C2HF3O2/c1-21(2)13-14-23-12-9-19(18(23)24)7-10-22(11-8-19)15-16-3-5-17(20)6-4-16;2*3-2(4,5)1(6)7/h3-6H,7-15H2,1-2H3;2*(H,6,7). The van der Waals surface area contributed by atoms with Gasteiger partial charge in [-0.1, -0.05) is 12.1 Å². The fourth-order valence-electron chi connectivity index (χ4n) is 3.88. The average Bonchev–Trinajstić information content (AvgIpc) is 3.10. The minimum atomic E-state index is -5.08. The van der Waals surface area contributed by atoms with Crippen LogP contribution >= 0.6 is 0 Å². The minimum absolute atomic E-state index is 0.119. The molecule has 2 aliphatic rings. The lowest BCUT2D eigenvalue weighted by Gasteiger charge is -2.38. The summed E-state index contributed by atoms with van der Waals surface area (Å²) in [4.78, 5) is 37.2. The van der Waals surface area contributed by atoms with E-state index in [9.17, 15) is 35.5 Å². The van der Waals surface area contributed by atoms with Crippen molar-refractivity contribution in [3.8, 4) is 0 Å². The molecule has 0 saturated carbocycles. The zero-order valence-corrected chi connectivity index (χ0v) is 20.8. The summed E-state index contributed by atoms with van der Waals surface area (Å²) < 4.78 is 76.5. The van der Waals surface area contributed by atoms with Gasteiger partial charge in [0.2, 0.25) is 5.91 Å². The van der Waals surface area contributed by atoms with Crippen molar-refractivity contribution < 1.29 is 55.3 Å². The molecule has 2 aliphatic heterocycles. The number of benzene rings is 1. The molecule has 2 N–H and O–H groups in total. The minimum Gasteiger partial charge on any atom is -0.475 e. The van der Waals surface area contributed by atoms with Gasteiger partial charge in [0.1, 0.15) is 5.82 Å². The highest BCUT2D eigenvalue weighted by atomic mass is 19.4. The highest BCUT2D eigenvalue weighted by molar-refractivity contribution is 5.85. The van der Waals surface area contributed by atoms with Crippen molar-refractivity contribution in [1.29, 1.82) is 0 Å². The number of carbonyl (C=O) groups is 3. The van der Waals surface area contributed by atoms with Crippen molar-refractivity contribution in [3.63, 3.8) is 0 Å². The molecule has 15 heteroatoms. The van der Waals surface area contributed by atoms with Crippen LogP contribution in [0.5, 0.6) is 0 Å². The molecule has 1 spiro atoms. The quantitative estimate of drug-likeness (QED) is 0.531. The molecule has 2 heterocycles. The number of carboxylic acids is 2. The topological polar surface area (TPSA) is 101 Å². The number of likely N-dealkylation sites (N-methyl/N-ethyl adjacent to an activating group) is 1. The molecule has 2 fully saturated rings. The lowest BCUT2D eigenvalue weighted by atomic mass is 9.77. The second-order valence-corrected chi connectivity index (χ2v) is 9.13. The van der Waals surface area contributed by atoms with Crippen LogP contribution in [0.25, 0.3) is 0 Å². The van der Waals surface area contributed by atoms with E-state index in [0.717, 1.165) is 64.1 Å². The zero-order chi connectivity index (χ0) is 29.3. The Hall–Kier alpha value is -2.94. The number of hydrogen-bond donors (Lipinski definition) is 2. The number of piperidine rings is 1. The maximum absolute atomic E-state index is 13.0. The third-order valence-electron chi connectivity index (χ3n) is 6.04. The second kappa shape index (κ2) is 13.7. The van der Waals surface area contributed by atoms with Crippen LogP contribution in [0.15, 0.2) is 24.3 Å². The number of halogens is 7. The number of carbonyl (C=O) groups excluding carboxylic acids is 1. The molecular weight excluding hydrogens is 531 g/mol. The van der Waals surface area contributed by atoms with Crippen LogP contribution in [-0.2, 0) is 20.9 Å². The predicted molar refractivity (Wildman–Crippen MR) is 120 cm³/mol. The van der Waals surface area contributed by atoms with Crippen molar-refractivity contribution >= 4 is 17.8 Å². The van der Waals surface area contributed by atoms with Crippen molar-refractivity contribution in [1.82, 2.24) is 14.7 Å². The molecule has 216 valence electrons. The number of nitrogens with zero attached hydrogens (tertiary/aromatic N) is 3. The molecule has 3 rings (SSSR count). The van der Waals surface area contributed by atoms with Crippen LogP contribution in [0.2, 0.25) is 0 Å². The fraction of sp³-hybridized carbons (Fsp3) is 0.609. The SMILES string of the molecule is CN(C)CCN1CCC2(CCN(Cc3ccc(F)cc3)CC2)C1=O.O=C(O)C(F)(F)F.O=C(O)C(F)(F)F. The maximum atomic E-state index is 13.0. The van der Waals surface area contributed by atoms with Crippen molar-refractivity contribution in [3.05, 3.63) is 35.6 Å². The van der Waals surface area contributed by atoms with Gasteiger partial charge in [-0.05, 0) is 64.1 Å². The fourth-order valence-corrected chi connectivity index (χ4v) is 3.88. The van der Waals surface area contributed by atoms with Crippen LogP contribution in [0, 0.1) is 11.2 Å². The predicted octanol–water partition coefficient (Wildman–Crippen LogP) is 3.47. The Morgan fingerprint density at radius 2 is 1.32 bits per heavy atom. The summed E-state index contributed by atoms with van der Waals surface area (Å²) >= 11 is 0. The number of hydrogen-bond acceptors (Lipinski definition) is 5. The van der Waals surface area contributed by atoms with E-state index in [4.69, 9.17) is 19.8 Å². The van der Waals surface area contributed by atoms with Crippen molar-refractivity contribution in [2.45, 2.75) is 38.2 Å². The van der Waals surface area contributed by atoms with Gasteiger partial charge in [0.25, 0.3) is 0 Å². The number of rotatable bonds is 5. The van der Waals surface area contributed by atoms with E-state index < -0.39 is 24.3 Å². The Bertz CT molecular complexity index is 905. The number of aliphatic carboxylic acids is 2. The smallest absolute Gasteiger partial charge is 0.475 e. The van der Waals surface area contributed by atoms with Crippen LogP contribution in [0.3, 0.4) is 0 Å². The van der Waals surface area contributed by atoms with Crippen LogP contribution in [0.1, 0.15) is 24.8 Å². The Morgan fingerprint density at radius 3 is 1.71 bits per heavy atom. The van der Waals surface area contributed by atoms with Crippen molar-refractivity contribution in [2.24, 2.45) is 5.41 Å². The number of likely N-dealkylation sites (tertiary alicyclic amines) is 2. The van der Waals surface area contributed by atoms with Crippen LogP contribution < -0.4 is 0 Å². The molecule has 0 bridgehead atoms. The third-order valence-corrected chi connectivity index (χ3v) is 6.04. The lowest BCUT2D eigenvalue weighted by molar-refractivity contribution is -0.193. The van der Waals surface area contributed by atoms with Gasteiger partial charge < -0.3 is 20.0 Å². The Morgan fingerprint density at radius 1 is 0.895 bits per heavy atom. The van der Waals surface area contributed by atoms with E-state index in [2.05, 4.69) is 14.7 Å². The Kier molecular flexibility index (Phi) is 12.0. The number of carboxylic acid groups (broad SMARTS) is 2. The molecule has 2 saturated heterocycles. The Balaban J connectivity index is 0.000000426. The van der Waals surface area contributed by atoms with Gasteiger partial charge in [-0.3, -0.25) is 9.69 Å². The number of amides is 1. The first kappa shape index (κ1) is 33.1. The summed E-state index contributed by atoms with van der Waals surface area (Å²) in [5.74, 6) is -5.34. The molecule has 0 aliphatic carbocycles. The van der Waals surface area contributed by atoms with Gasteiger partial charge in [0.05, 0.1) is 5.41 Å². The molecule has 1 aromatic rings. The van der Waals surface area contributed by atoms with Gasteiger partial charge in [-0.2, -0.15) is 26.3 Å². The molecule has 0 atom stereocenters. The maximum Gasteiger partial charge on any atom is 0.490 e. The molecule has 8 nitrogen and oxygen atoms in total. The van der Waals surface area contributed by atoms with E-state index >= 15 is 0 Å². The lowest BCUT2D eigenvalue weighted by Crippen LogP contribution is -2.45. The van der Waals surface area contributed by atoms with E-state index in [1.807, 2.05) is 26.2 Å². The third kappa shape index (κ3) is 10.8. The second-order valence-electron chi connectivity index (χ2n) is 9.13. The molecule has 1 aromatic carbocycles. The highest BCUT2D eigenvalue weighted by Crippen LogP contribution is 2.41. The largest absolute Gasteiger partial charge is 0.490 e. The molecule has 0 aromatic heterocycles. The summed E-state index contributed by atoms with van der Waals surface area (Å²) in [7, 11) is 4.09. The summed E-state index contributed by atoms with van der Waals surface area (Å²) in [5.41, 5.74) is 1.02. The first-order valence-electron chi connectivity index (χ1n) is 11.4. The van der Waals surface area contributed by atoms with Crippen LogP contribution in [-0.4, -0.2) is 102 Å². The monoisotopic (exact) mass is 561 g/mol. The average molecular weight is 561 g/mol. The van der Waals surface area contributed by atoms with Crippen LogP contribution in [0.4, 0.5) is 30.7 Å². The van der Waals surface area contributed by atoms with E-state index in [1.54, 1.807) is 0 Å². The summed E-state index contributed by atoms with van der Waals surface area (Å²) in [6.45, 7) is 5.42. The van der Waals surface area contributed by atoms with Crippen molar-refractivity contribution in [2.75, 3.05) is 46.8 Å². The van der Waals surface area contributed by atoms with Gasteiger partial charge in [0.15, 0.2) is 0 Å². The molecule has 0 radical (unpaired) electrons. The van der Waals surface area contributed by atoms with E-state index in [1.165, 1.54) is 12.1 Å². The summed E-state index contributed by atoms with van der Waals surface area (Å²) in [6, 6.07) is 6.74. The molecule has 38 heavy (non-hydrogen) atoms. The molecule has 1 amide bonds. The van der Waals surface area contributed by atoms with Gasteiger partial charge >= 0.3 is 24.3 Å². The normalized spacial score (nSPS) is 17.5. The van der Waals surface area contributed by atoms with Gasteiger partial charge in [0, 0.05) is 26.2 Å². The molecule has 0 unspecified atom stereocenters. The summed E-state index contributed by atoms with van der Waals surface area (Å²) in [5, 5.41) is 14.2.